The molecule has 2 aliphatic heterocycles. The minimum absolute atomic E-state index is 0.0540. The first-order chi connectivity index (χ1) is 11.4. The van der Waals surface area contributed by atoms with Crippen LogP contribution in [0.4, 0.5) is 5.69 Å². The summed E-state index contributed by atoms with van der Waals surface area (Å²) in [6.07, 6.45) is -0.222. The number of nitrogens with zero attached hydrogens (tertiary/aromatic N) is 2. The Balaban J connectivity index is 1.68. The normalized spacial score (nSPS) is 26.3. The minimum atomic E-state index is -0.140. The Morgan fingerprint density at radius 1 is 0.957 bits per heavy atom. The van der Waals surface area contributed by atoms with E-state index in [1.165, 1.54) is 5.56 Å². The second kappa shape index (κ2) is 5.04. The highest BCUT2D eigenvalue weighted by atomic mass is 16.6. The smallest absolute Gasteiger partial charge is 0.120 e. The van der Waals surface area contributed by atoms with Gasteiger partial charge in [-0.05, 0) is 17.7 Å². The molecule has 0 aliphatic carbocycles. The van der Waals surface area contributed by atoms with E-state index >= 15 is 0 Å². The number of nitrogens with one attached hydrogen (secondary N) is 2. The van der Waals surface area contributed by atoms with Crippen LogP contribution in [0.25, 0.3) is 11.0 Å². The average molecular weight is 308 g/mol. The lowest BCUT2D eigenvalue weighted by molar-refractivity contribution is -0.150. The Hall–Kier alpha value is -2.44. The number of hydrogen-bond donors (Lipinski definition) is 2. The molecule has 116 valence electrons. The van der Waals surface area contributed by atoms with Gasteiger partial charge in [0.1, 0.15) is 23.2 Å². The molecule has 2 N–H and O–H groups in total. The summed E-state index contributed by atoms with van der Waals surface area (Å²) in [7, 11) is 0. The third kappa shape index (κ3) is 1.95. The summed E-state index contributed by atoms with van der Waals surface area (Å²) in [6.45, 7) is 1.20. The SMILES string of the molecule is c1ccc([C@@H]2Nc3ccc4n[nH]nc4c3[C@H]3OCCO[C@H]32)cc1. The van der Waals surface area contributed by atoms with Gasteiger partial charge in [0, 0.05) is 11.3 Å². The van der Waals surface area contributed by atoms with Crippen LogP contribution in [0.5, 0.6) is 0 Å². The molecule has 0 spiro atoms. The van der Waals surface area contributed by atoms with Gasteiger partial charge in [-0.1, -0.05) is 30.3 Å². The Morgan fingerprint density at radius 3 is 2.74 bits per heavy atom. The molecule has 2 aromatic carbocycles. The van der Waals surface area contributed by atoms with Crippen LogP contribution in [0.15, 0.2) is 42.5 Å². The molecule has 3 atom stereocenters. The van der Waals surface area contributed by atoms with Gasteiger partial charge in [0.05, 0.1) is 19.3 Å². The van der Waals surface area contributed by atoms with Crippen molar-refractivity contribution in [1.82, 2.24) is 15.4 Å². The van der Waals surface area contributed by atoms with Crippen LogP contribution >= 0.6 is 0 Å². The largest absolute Gasteiger partial charge is 0.375 e. The van der Waals surface area contributed by atoms with E-state index in [2.05, 4.69) is 32.9 Å². The number of H-pyrrole nitrogens is 1. The Morgan fingerprint density at radius 2 is 1.83 bits per heavy atom. The number of ether oxygens (including phenoxy) is 2. The zero-order valence-electron chi connectivity index (χ0n) is 12.4. The van der Waals surface area contributed by atoms with Crippen LogP contribution in [-0.2, 0) is 9.47 Å². The molecule has 5 rings (SSSR count). The van der Waals surface area contributed by atoms with E-state index in [1.54, 1.807) is 0 Å². The van der Waals surface area contributed by atoms with Crippen molar-refractivity contribution in [3.05, 3.63) is 53.6 Å². The molecular formula is C17H16N4O2. The van der Waals surface area contributed by atoms with E-state index in [0.717, 1.165) is 22.3 Å². The van der Waals surface area contributed by atoms with Crippen LogP contribution in [-0.4, -0.2) is 34.7 Å². The number of aromatic nitrogens is 3. The van der Waals surface area contributed by atoms with Gasteiger partial charge in [-0.3, -0.25) is 0 Å². The first-order valence-electron chi connectivity index (χ1n) is 7.80. The molecule has 0 amide bonds. The third-order valence-electron chi connectivity index (χ3n) is 4.60. The number of hydrogen-bond acceptors (Lipinski definition) is 5. The van der Waals surface area contributed by atoms with Gasteiger partial charge >= 0.3 is 0 Å². The van der Waals surface area contributed by atoms with E-state index < -0.39 is 0 Å². The molecule has 0 unspecified atom stereocenters. The van der Waals surface area contributed by atoms with Gasteiger partial charge in [-0.15, -0.1) is 0 Å². The van der Waals surface area contributed by atoms with Gasteiger partial charge in [-0.2, -0.15) is 15.4 Å². The summed E-state index contributed by atoms with van der Waals surface area (Å²) in [5.41, 5.74) is 4.96. The van der Waals surface area contributed by atoms with E-state index in [9.17, 15) is 0 Å². The number of anilines is 1. The second-order valence-electron chi connectivity index (χ2n) is 5.88. The standard InChI is InChI=1S/C17H16N4O2/c1-2-4-10(5-3-1)14-17-16(22-8-9-23-17)13-11(18-14)6-7-12-15(13)20-21-19-12/h1-7,14,16-18H,8-9H2,(H,19,20,21)/t14-,16+,17-/m0/s1. The van der Waals surface area contributed by atoms with Crippen LogP contribution < -0.4 is 5.32 Å². The van der Waals surface area contributed by atoms with Crippen molar-refractivity contribution in [1.29, 1.82) is 0 Å². The first-order valence-corrected chi connectivity index (χ1v) is 7.80. The van der Waals surface area contributed by atoms with Crippen molar-refractivity contribution >= 4 is 16.7 Å². The summed E-state index contributed by atoms with van der Waals surface area (Å²) in [5.74, 6) is 0. The molecule has 6 heteroatoms. The fourth-order valence-corrected chi connectivity index (χ4v) is 3.59. The predicted molar refractivity (Wildman–Crippen MR) is 85.1 cm³/mol. The van der Waals surface area contributed by atoms with E-state index in [0.29, 0.717) is 13.2 Å². The Kier molecular flexibility index (Phi) is 2.86. The predicted octanol–water partition coefficient (Wildman–Crippen LogP) is 2.58. The van der Waals surface area contributed by atoms with Crippen molar-refractivity contribution in [3.63, 3.8) is 0 Å². The summed E-state index contributed by atoms with van der Waals surface area (Å²) < 4.78 is 12.2. The summed E-state index contributed by atoms with van der Waals surface area (Å²) >= 11 is 0. The molecular weight excluding hydrogens is 292 g/mol. The molecule has 23 heavy (non-hydrogen) atoms. The monoisotopic (exact) mass is 308 g/mol. The van der Waals surface area contributed by atoms with Gasteiger partial charge in [0.2, 0.25) is 0 Å². The molecule has 0 saturated carbocycles. The van der Waals surface area contributed by atoms with Crippen molar-refractivity contribution in [2.75, 3.05) is 18.5 Å². The molecule has 1 fully saturated rings. The fourth-order valence-electron chi connectivity index (χ4n) is 3.59. The van der Waals surface area contributed by atoms with Crippen molar-refractivity contribution < 1.29 is 9.47 Å². The summed E-state index contributed by atoms with van der Waals surface area (Å²) in [4.78, 5) is 0. The van der Waals surface area contributed by atoms with Crippen molar-refractivity contribution in [3.8, 4) is 0 Å². The first kappa shape index (κ1) is 13.0. The van der Waals surface area contributed by atoms with E-state index in [4.69, 9.17) is 9.47 Å². The number of fused-ring (bicyclic) bond motifs is 5. The lowest BCUT2D eigenvalue weighted by Gasteiger charge is -2.42. The molecule has 1 saturated heterocycles. The summed E-state index contributed by atoms with van der Waals surface area (Å²) in [6, 6.07) is 14.4. The zero-order valence-corrected chi connectivity index (χ0v) is 12.4. The lowest BCUT2D eigenvalue weighted by atomic mass is 9.87. The summed E-state index contributed by atoms with van der Waals surface area (Å²) in [5, 5.41) is 14.8. The Labute approximate surface area is 132 Å². The van der Waals surface area contributed by atoms with Crippen molar-refractivity contribution in [2.45, 2.75) is 18.2 Å². The maximum absolute atomic E-state index is 6.09. The molecule has 3 aromatic rings. The molecule has 3 heterocycles. The minimum Gasteiger partial charge on any atom is -0.375 e. The zero-order chi connectivity index (χ0) is 15.2. The van der Waals surface area contributed by atoms with Gasteiger partial charge in [-0.25, -0.2) is 0 Å². The highest BCUT2D eigenvalue weighted by Crippen LogP contribution is 2.46. The third-order valence-corrected chi connectivity index (χ3v) is 4.60. The van der Waals surface area contributed by atoms with Gasteiger partial charge in [0.25, 0.3) is 0 Å². The Bertz CT molecular complexity index is 848. The quantitative estimate of drug-likeness (QED) is 0.723. The fraction of sp³-hybridized carbons (Fsp3) is 0.294. The van der Waals surface area contributed by atoms with Crippen LogP contribution in [0, 0.1) is 0 Å². The molecule has 0 radical (unpaired) electrons. The maximum Gasteiger partial charge on any atom is 0.120 e. The van der Waals surface area contributed by atoms with Crippen molar-refractivity contribution in [2.24, 2.45) is 0 Å². The van der Waals surface area contributed by atoms with Crippen LogP contribution in [0.2, 0.25) is 0 Å². The van der Waals surface area contributed by atoms with Crippen LogP contribution in [0.1, 0.15) is 23.3 Å². The topological polar surface area (TPSA) is 72.1 Å². The highest BCUT2D eigenvalue weighted by Gasteiger charge is 2.42. The number of aromatic amines is 1. The second-order valence-corrected chi connectivity index (χ2v) is 5.88. The van der Waals surface area contributed by atoms with Gasteiger partial charge < -0.3 is 14.8 Å². The maximum atomic E-state index is 6.09. The lowest BCUT2D eigenvalue weighted by Crippen LogP contribution is -2.43. The van der Waals surface area contributed by atoms with E-state index in [1.807, 2.05) is 30.3 Å². The van der Waals surface area contributed by atoms with E-state index in [-0.39, 0.29) is 18.2 Å². The van der Waals surface area contributed by atoms with Gasteiger partial charge in [0.15, 0.2) is 0 Å². The molecule has 1 aromatic heterocycles. The number of rotatable bonds is 1. The average Bonchev–Trinajstić information content (AvgIpc) is 3.10. The van der Waals surface area contributed by atoms with Crippen LogP contribution in [0.3, 0.4) is 0 Å². The molecule has 0 bridgehead atoms. The molecule has 2 aliphatic rings. The molecule has 6 nitrogen and oxygen atoms in total. The number of benzene rings is 2. The highest BCUT2D eigenvalue weighted by molar-refractivity contribution is 5.85.